The van der Waals surface area contributed by atoms with E-state index in [2.05, 4.69) is 16.0 Å². The first-order valence-corrected chi connectivity index (χ1v) is 19.9. The first-order chi connectivity index (χ1) is 28.4. The first kappa shape index (κ1) is 44.0. The summed E-state index contributed by atoms with van der Waals surface area (Å²) in [6, 6.07) is -1.65. The number of hydrogen-bond donors (Lipinski definition) is 4. The minimum atomic E-state index is -1.81. The van der Waals surface area contributed by atoms with Gasteiger partial charge in [-0.15, -0.1) is 0 Å². The van der Waals surface area contributed by atoms with Gasteiger partial charge in [-0.25, -0.2) is 18.0 Å². The number of amides is 6. The van der Waals surface area contributed by atoms with Gasteiger partial charge in [-0.3, -0.25) is 28.8 Å². The highest BCUT2D eigenvalue weighted by Gasteiger charge is 2.49. The van der Waals surface area contributed by atoms with Gasteiger partial charge < -0.3 is 45.2 Å². The number of aliphatic hydroxyl groups excluding tert-OH is 1. The van der Waals surface area contributed by atoms with Crippen molar-refractivity contribution >= 4 is 41.4 Å². The number of cyclic esters (lactones) is 1. The van der Waals surface area contributed by atoms with E-state index in [9.17, 15) is 51.8 Å². The van der Waals surface area contributed by atoms with Crippen LogP contribution < -0.4 is 16.0 Å². The van der Waals surface area contributed by atoms with Crippen molar-refractivity contribution in [2.24, 2.45) is 5.92 Å². The molecule has 19 heteroatoms. The first-order valence-electron chi connectivity index (χ1n) is 19.9. The van der Waals surface area contributed by atoms with Gasteiger partial charge in [0.05, 0.1) is 25.7 Å². The van der Waals surface area contributed by atoms with Crippen molar-refractivity contribution in [1.82, 2.24) is 30.7 Å². The fourth-order valence-corrected chi connectivity index (χ4v) is 8.23. The van der Waals surface area contributed by atoms with Gasteiger partial charge in [-0.1, -0.05) is 19.1 Å². The average molecular weight is 843 g/mol. The number of esters is 1. The average Bonchev–Trinajstić information content (AvgIpc) is 3.78. The van der Waals surface area contributed by atoms with Gasteiger partial charge >= 0.3 is 5.97 Å². The van der Waals surface area contributed by atoms with E-state index in [-0.39, 0.29) is 56.2 Å². The molecule has 4 heterocycles. The van der Waals surface area contributed by atoms with E-state index in [4.69, 9.17) is 9.47 Å². The molecule has 4 fully saturated rings. The van der Waals surface area contributed by atoms with Gasteiger partial charge in [0.25, 0.3) is 0 Å². The Hall–Kier alpha value is -5.56. The quantitative estimate of drug-likeness (QED) is 0.276. The molecule has 2 aromatic carbocycles. The molecule has 4 aliphatic heterocycles. The minimum absolute atomic E-state index is 0.00579. The lowest BCUT2D eigenvalue weighted by Gasteiger charge is -2.39. The Morgan fingerprint density at radius 3 is 2.28 bits per heavy atom. The maximum absolute atomic E-state index is 14.7. The minimum Gasteiger partial charge on any atom is -0.458 e. The summed E-state index contributed by atoms with van der Waals surface area (Å²) in [6.45, 7) is 5.69. The van der Waals surface area contributed by atoms with Crippen LogP contribution in [0.4, 0.5) is 13.2 Å². The summed E-state index contributed by atoms with van der Waals surface area (Å²) < 4.78 is 54.8. The molecule has 0 bridgehead atoms. The molecule has 0 spiro atoms. The molecule has 2 aromatic rings. The molecule has 0 radical (unpaired) electrons. The maximum Gasteiger partial charge on any atom is 0.329 e. The fraction of sp³-hybridized carbons (Fsp3) is 0.537. The highest BCUT2D eigenvalue weighted by molar-refractivity contribution is 5.98. The third-order valence-electron chi connectivity index (χ3n) is 11.3. The van der Waals surface area contributed by atoms with Gasteiger partial charge in [0.15, 0.2) is 0 Å². The van der Waals surface area contributed by atoms with E-state index in [1.807, 2.05) is 6.92 Å². The van der Waals surface area contributed by atoms with Crippen LogP contribution >= 0.6 is 0 Å². The Balaban J connectivity index is 1.36. The molecular weight excluding hydrogens is 793 g/mol. The van der Waals surface area contributed by atoms with Gasteiger partial charge in [0.2, 0.25) is 35.4 Å². The predicted octanol–water partition coefficient (Wildman–Crippen LogP) is 0.0433. The number of benzene rings is 2. The van der Waals surface area contributed by atoms with Crippen LogP contribution in [0.3, 0.4) is 0 Å². The normalized spacial score (nSPS) is 28.3. The van der Waals surface area contributed by atoms with Gasteiger partial charge in [0.1, 0.15) is 59.8 Å². The molecule has 6 amide bonds. The van der Waals surface area contributed by atoms with Crippen molar-refractivity contribution in [2.75, 3.05) is 32.8 Å². The Kier molecular flexibility index (Phi) is 13.5. The summed E-state index contributed by atoms with van der Waals surface area (Å²) in [5.74, 6) is -8.70. The standard InChI is InChI=1S/C41H49F3N6O10/c1-20-5-6-25(29(44)9-20)14-34(52)46-30(13-24-11-26(42)15-27(43)12-24)36(53)47-35-23(4)60-41(58)32-10-21(2)17-49(32)38(55)22(3)45-37(54)33-19-59-8-7-48(33)39(56)31-16-28(51)18-50(31)40(35)57/h5-6,9,11-12,15,21-23,28,30-33,35,51H,7-8,10,13-14,16-19H2,1-4H3,(H,45,54)(H,46,52)(H,47,53)/t21-,22+,23+,28-,30+,31+,32+,33+,35+/m1/s1. The molecule has 4 aliphatic rings. The Morgan fingerprint density at radius 2 is 1.58 bits per heavy atom. The van der Waals surface area contributed by atoms with Crippen LogP contribution in [-0.4, -0.2) is 143 Å². The summed E-state index contributed by atoms with van der Waals surface area (Å²) in [5, 5.41) is 18.5. The van der Waals surface area contributed by atoms with Crippen LogP contribution in [0, 0.1) is 30.3 Å². The van der Waals surface area contributed by atoms with Crippen LogP contribution in [0.25, 0.3) is 0 Å². The number of carbonyl (C=O) groups is 7. The summed E-state index contributed by atoms with van der Waals surface area (Å²) >= 11 is 0. The zero-order valence-electron chi connectivity index (χ0n) is 33.6. The Morgan fingerprint density at radius 1 is 0.883 bits per heavy atom. The van der Waals surface area contributed by atoms with Crippen LogP contribution in [-0.2, 0) is 55.9 Å². The van der Waals surface area contributed by atoms with E-state index in [1.165, 1.54) is 35.8 Å². The number of morpholine rings is 1. The molecule has 324 valence electrons. The number of ether oxygens (including phenoxy) is 2. The summed E-state index contributed by atoms with van der Waals surface area (Å²) in [7, 11) is 0. The highest BCUT2D eigenvalue weighted by atomic mass is 19.1. The zero-order chi connectivity index (χ0) is 43.6. The van der Waals surface area contributed by atoms with Crippen LogP contribution in [0.1, 0.15) is 50.3 Å². The largest absolute Gasteiger partial charge is 0.458 e. The molecule has 4 saturated heterocycles. The number of aryl methyl sites for hydroxylation is 1. The second kappa shape index (κ2) is 18.4. The highest BCUT2D eigenvalue weighted by Crippen LogP contribution is 2.28. The van der Waals surface area contributed by atoms with Crippen LogP contribution in [0.2, 0.25) is 0 Å². The number of hydrogen-bond acceptors (Lipinski definition) is 10. The van der Waals surface area contributed by atoms with Gasteiger partial charge in [0, 0.05) is 38.5 Å². The molecular formula is C41H49F3N6O10. The predicted molar refractivity (Wildman–Crippen MR) is 204 cm³/mol. The number of fused-ring (bicyclic) bond motifs is 3. The monoisotopic (exact) mass is 842 g/mol. The van der Waals surface area contributed by atoms with Crippen LogP contribution in [0.15, 0.2) is 36.4 Å². The molecule has 0 unspecified atom stereocenters. The second-order valence-electron chi connectivity index (χ2n) is 16.1. The smallest absolute Gasteiger partial charge is 0.329 e. The van der Waals surface area contributed by atoms with E-state index < -0.39 is 127 Å². The van der Waals surface area contributed by atoms with Crippen molar-refractivity contribution in [2.45, 2.75) is 102 Å². The number of aliphatic hydroxyl groups is 1. The molecule has 6 rings (SSSR count). The third kappa shape index (κ3) is 9.89. The molecule has 0 saturated carbocycles. The van der Waals surface area contributed by atoms with E-state index in [1.54, 1.807) is 13.0 Å². The number of halogens is 3. The molecule has 0 aliphatic carbocycles. The summed E-state index contributed by atoms with van der Waals surface area (Å²) in [5.41, 5.74) is 0.524. The lowest BCUT2D eigenvalue weighted by atomic mass is 10.0. The number of nitrogens with zero attached hydrogens (tertiary/aromatic N) is 3. The lowest BCUT2D eigenvalue weighted by molar-refractivity contribution is -0.164. The molecule has 4 N–H and O–H groups in total. The van der Waals surface area contributed by atoms with Crippen molar-refractivity contribution in [1.29, 1.82) is 0 Å². The lowest BCUT2D eigenvalue weighted by Crippen LogP contribution is -2.64. The van der Waals surface area contributed by atoms with Gasteiger partial charge in [-0.05, 0) is 68.0 Å². The number of carbonyl (C=O) groups excluding carboxylic acids is 7. The van der Waals surface area contributed by atoms with Crippen LogP contribution in [0.5, 0.6) is 0 Å². The maximum atomic E-state index is 14.7. The molecule has 0 aromatic heterocycles. The third-order valence-corrected chi connectivity index (χ3v) is 11.3. The molecule has 9 atom stereocenters. The summed E-state index contributed by atoms with van der Waals surface area (Å²) in [6.07, 6.45) is -3.88. The molecule has 16 nitrogen and oxygen atoms in total. The Labute approximate surface area is 344 Å². The summed E-state index contributed by atoms with van der Waals surface area (Å²) in [4.78, 5) is 101. The zero-order valence-corrected chi connectivity index (χ0v) is 33.6. The SMILES string of the molecule is Cc1ccc(CC(=O)N[C@@H](Cc2cc(F)cc(F)c2)C(=O)N[C@@H]2C(=O)N3C[C@H](O)C[C@H]3C(=O)N3CCOC[C@H]3C(=O)N[C@@H](C)C(=O)N3C[C@H](C)C[C@H]3C(=O)O[C@H]2C)c(F)c1. The van der Waals surface area contributed by atoms with Crippen molar-refractivity contribution in [3.8, 4) is 0 Å². The van der Waals surface area contributed by atoms with E-state index in [0.29, 0.717) is 11.6 Å². The molecule has 60 heavy (non-hydrogen) atoms. The van der Waals surface area contributed by atoms with E-state index in [0.717, 1.165) is 17.0 Å². The van der Waals surface area contributed by atoms with Crippen molar-refractivity contribution in [3.05, 3.63) is 70.5 Å². The number of nitrogens with one attached hydrogen (secondary N) is 3. The Bertz CT molecular complexity index is 2020. The second-order valence-corrected chi connectivity index (χ2v) is 16.1. The fourth-order valence-electron chi connectivity index (χ4n) is 8.23. The van der Waals surface area contributed by atoms with Crippen molar-refractivity contribution in [3.63, 3.8) is 0 Å². The topological polar surface area (TPSA) is 204 Å². The number of rotatable bonds is 7. The van der Waals surface area contributed by atoms with Crippen molar-refractivity contribution < 1.29 is 61.3 Å². The van der Waals surface area contributed by atoms with Gasteiger partial charge in [-0.2, -0.15) is 0 Å². The van der Waals surface area contributed by atoms with E-state index >= 15 is 0 Å².